The van der Waals surface area contributed by atoms with Crippen LogP contribution in [0.4, 0.5) is 0 Å². The van der Waals surface area contributed by atoms with E-state index in [-0.39, 0.29) is 21.7 Å². The molecule has 0 saturated heterocycles. The molecule has 0 nitrogen and oxygen atoms in total. The molecular formula is C30H50Ti+2. The van der Waals surface area contributed by atoms with E-state index in [1.807, 2.05) is 30.3 Å². The summed E-state index contributed by atoms with van der Waals surface area (Å²) in [5.41, 5.74) is 1.93. The standard InChI is InChI=1S/2C10H20.C10H10.Ti/c2*1-6-7(2)9(4)10(5)8(6)3;1-9(2)8-10-6-4-3-5-7-10;/h2*6-10H,1-5H3;1,3-7H,2,8H2;/q;;-2;+4. The van der Waals surface area contributed by atoms with Gasteiger partial charge in [0.05, 0.1) is 0 Å². The summed E-state index contributed by atoms with van der Waals surface area (Å²) in [5, 5.41) is 0. The minimum absolute atomic E-state index is 0. The molecule has 0 radical (unpaired) electrons. The summed E-state index contributed by atoms with van der Waals surface area (Å²) in [5.74, 6) is 9.35. The molecule has 0 aromatic heterocycles. The molecule has 0 unspecified atom stereocenters. The number of benzene rings is 1. The van der Waals surface area contributed by atoms with Crippen molar-refractivity contribution in [1.82, 2.24) is 0 Å². The van der Waals surface area contributed by atoms with Crippen LogP contribution in [0.25, 0.3) is 0 Å². The molecule has 2 aliphatic carbocycles. The third kappa shape index (κ3) is 8.44. The molecule has 0 heterocycles. The third-order valence-electron chi connectivity index (χ3n) is 9.57. The summed E-state index contributed by atoms with van der Waals surface area (Å²) in [7, 11) is 0. The molecular weight excluding hydrogens is 408 g/mol. The Kier molecular flexibility index (Phi) is 13.7. The van der Waals surface area contributed by atoms with Gasteiger partial charge in [0.15, 0.2) is 0 Å². The first-order chi connectivity index (χ1) is 13.9. The summed E-state index contributed by atoms with van der Waals surface area (Å²) in [4.78, 5) is 0. The third-order valence-corrected chi connectivity index (χ3v) is 9.57. The minimum atomic E-state index is 0. The maximum absolute atomic E-state index is 5.43. The molecule has 31 heavy (non-hydrogen) atoms. The Morgan fingerprint density at radius 3 is 1.00 bits per heavy atom. The number of hydrogen-bond donors (Lipinski definition) is 0. The molecule has 0 spiro atoms. The largest absolute Gasteiger partial charge is 4.00 e. The van der Waals surface area contributed by atoms with Crippen LogP contribution in [0.15, 0.2) is 35.9 Å². The maximum Gasteiger partial charge on any atom is 4.00 e. The second-order valence-electron chi connectivity index (χ2n) is 10.9. The van der Waals surface area contributed by atoms with Gasteiger partial charge in [-0.15, -0.1) is 0 Å². The number of rotatable bonds is 2. The smallest absolute Gasteiger partial charge is 0.545 e. The molecule has 1 heteroatoms. The van der Waals surface area contributed by atoms with E-state index in [4.69, 9.17) is 6.58 Å². The average molecular weight is 459 g/mol. The molecule has 3 rings (SSSR count). The molecule has 0 aliphatic heterocycles. The fourth-order valence-corrected chi connectivity index (χ4v) is 5.65. The van der Waals surface area contributed by atoms with Gasteiger partial charge in [0.25, 0.3) is 0 Å². The Morgan fingerprint density at radius 1 is 0.581 bits per heavy atom. The Balaban J connectivity index is 0.000000429. The molecule has 2 fully saturated rings. The van der Waals surface area contributed by atoms with E-state index in [0.29, 0.717) is 5.57 Å². The monoisotopic (exact) mass is 458 g/mol. The van der Waals surface area contributed by atoms with Crippen molar-refractivity contribution in [1.29, 1.82) is 0 Å². The SMILES string of the molecule is CC1C(C)C(C)C(C)C1C.CC1C(C)C(C)C(C)C1C.[CH-]=C([CH2-])Cc1ccccc1.[Ti+4]. The first-order valence-corrected chi connectivity index (χ1v) is 12.4. The van der Waals surface area contributed by atoms with Crippen LogP contribution < -0.4 is 0 Å². The quantitative estimate of drug-likeness (QED) is 0.307. The summed E-state index contributed by atoms with van der Waals surface area (Å²) >= 11 is 0. The van der Waals surface area contributed by atoms with Gasteiger partial charge in [0.2, 0.25) is 0 Å². The number of hydrogen-bond acceptors (Lipinski definition) is 0. The van der Waals surface area contributed by atoms with Crippen molar-refractivity contribution in [3.63, 3.8) is 0 Å². The normalized spacial score (nSPS) is 38.8. The molecule has 1 aromatic rings. The second-order valence-corrected chi connectivity index (χ2v) is 10.9. The van der Waals surface area contributed by atoms with Crippen LogP contribution in [-0.4, -0.2) is 0 Å². The van der Waals surface area contributed by atoms with E-state index in [1.165, 1.54) is 5.56 Å². The van der Waals surface area contributed by atoms with Crippen molar-refractivity contribution in [2.24, 2.45) is 59.2 Å². The van der Waals surface area contributed by atoms with E-state index >= 15 is 0 Å². The summed E-state index contributed by atoms with van der Waals surface area (Å²) in [6.45, 7) is 33.0. The summed E-state index contributed by atoms with van der Waals surface area (Å²) < 4.78 is 0. The van der Waals surface area contributed by atoms with Gasteiger partial charge < -0.3 is 19.1 Å². The zero-order chi connectivity index (χ0) is 23.2. The van der Waals surface area contributed by atoms with Crippen LogP contribution in [0.2, 0.25) is 0 Å². The van der Waals surface area contributed by atoms with Crippen molar-refractivity contribution in [2.75, 3.05) is 0 Å². The van der Waals surface area contributed by atoms with Gasteiger partial charge in [0.1, 0.15) is 0 Å². The van der Waals surface area contributed by atoms with Gasteiger partial charge in [-0.25, -0.2) is 0 Å². The van der Waals surface area contributed by atoms with E-state index < -0.39 is 0 Å². The Hall–Kier alpha value is -0.456. The fraction of sp³-hybridized carbons (Fsp3) is 0.700. The summed E-state index contributed by atoms with van der Waals surface area (Å²) in [6.07, 6.45) is 0.779. The second kappa shape index (κ2) is 13.9. The predicted octanol–water partition coefficient (Wildman–Crippen LogP) is 8.78. The fourth-order valence-electron chi connectivity index (χ4n) is 5.65. The van der Waals surface area contributed by atoms with E-state index in [0.717, 1.165) is 65.6 Å². The van der Waals surface area contributed by atoms with Crippen molar-refractivity contribution in [3.05, 3.63) is 55.0 Å². The van der Waals surface area contributed by atoms with Crippen LogP contribution in [0, 0.1) is 72.7 Å². The molecule has 172 valence electrons. The first-order valence-electron chi connectivity index (χ1n) is 12.4. The van der Waals surface area contributed by atoms with Crippen LogP contribution in [-0.2, 0) is 28.1 Å². The Morgan fingerprint density at radius 2 is 0.806 bits per heavy atom. The van der Waals surface area contributed by atoms with Gasteiger partial charge in [-0.2, -0.15) is 0 Å². The molecule has 1 aromatic carbocycles. The van der Waals surface area contributed by atoms with Crippen molar-refractivity contribution >= 4 is 0 Å². The Bertz CT molecular complexity index is 501. The molecule has 2 aliphatic rings. The van der Waals surface area contributed by atoms with E-state index in [9.17, 15) is 0 Å². The van der Waals surface area contributed by atoms with E-state index in [1.54, 1.807) is 0 Å². The zero-order valence-corrected chi connectivity index (χ0v) is 23.7. The molecule has 0 atom stereocenters. The van der Waals surface area contributed by atoms with Crippen LogP contribution >= 0.6 is 0 Å². The average Bonchev–Trinajstić information content (AvgIpc) is 2.99. The summed E-state index contributed by atoms with van der Waals surface area (Å²) in [6, 6.07) is 10.1. The molecule has 0 amide bonds. The molecule has 0 bridgehead atoms. The van der Waals surface area contributed by atoms with Crippen LogP contribution in [0.3, 0.4) is 0 Å². The van der Waals surface area contributed by atoms with Gasteiger partial charge >= 0.3 is 21.7 Å². The topological polar surface area (TPSA) is 0 Å². The van der Waals surface area contributed by atoms with Crippen LogP contribution in [0.1, 0.15) is 74.8 Å². The van der Waals surface area contributed by atoms with E-state index in [2.05, 4.69) is 76.2 Å². The van der Waals surface area contributed by atoms with Gasteiger partial charge in [-0.05, 0) is 64.7 Å². The number of allylic oxidation sites excluding steroid dienone is 1. The van der Waals surface area contributed by atoms with Gasteiger partial charge in [-0.3, -0.25) is 0 Å². The van der Waals surface area contributed by atoms with Crippen molar-refractivity contribution in [3.8, 4) is 0 Å². The zero-order valence-electron chi connectivity index (χ0n) is 22.2. The van der Waals surface area contributed by atoms with Crippen LogP contribution in [0.5, 0.6) is 0 Å². The van der Waals surface area contributed by atoms with Crippen molar-refractivity contribution in [2.45, 2.75) is 75.7 Å². The maximum atomic E-state index is 5.43. The van der Waals surface area contributed by atoms with Gasteiger partial charge in [0, 0.05) is 0 Å². The Labute approximate surface area is 211 Å². The molecule has 2 saturated carbocycles. The predicted molar refractivity (Wildman–Crippen MR) is 135 cm³/mol. The minimum Gasteiger partial charge on any atom is -0.545 e. The van der Waals surface area contributed by atoms with Gasteiger partial charge in [-0.1, -0.05) is 106 Å². The van der Waals surface area contributed by atoms with Crippen molar-refractivity contribution < 1.29 is 21.7 Å². The first kappa shape index (κ1) is 30.5. The molecule has 0 N–H and O–H groups in total.